The number of ether oxygens (including phenoxy) is 1. The van der Waals surface area contributed by atoms with E-state index >= 15 is 0 Å². The summed E-state index contributed by atoms with van der Waals surface area (Å²) in [4.78, 5) is 12.2. The van der Waals surface area contributed by atoms with Gasteiger partial charge in [0.05, 0.1) is 11.0 Å². The summed E-state index contributed by atoms with van der Waals surface area (Å²) < 4.78 is 69.5. The number of nitrogens with zero attached hydrogens (tertiary/aromatic N) is 4. The summed E-state index contributed by atoms with van der Waals surface area (Å²) in [6, 6.07) is 1.75. The van der Waals surface area contributed by atoms with Crippen LogP contribution in [0, 0.1) is 17.0 Å². The van der Waals surface area contributed by atoms with Crippen molar-refractivity contribution < 1.29 is 26.7 Å². The molecular formula is C24H34F4N4O2Si. The van der Waals surface area contributed by atoms with Gasteiger partial charge >= 0.3 is 6.01 Å². The molecule has 0 amide bonds. The fraction of sp³-hybridized carbons (Fsp3) is 0.667. The van der Waals surface area contributed by atoms with Gasteiger partial charge in [-0.25, -0.2) is 17.6 Å². The third-order valence-corrected chi connectivity index (χ3v) is 7.60. The maximum Gasteiger partial charge on any atom is 0.319 e. The van der Waals surface area contributed by atoms with Crippen LogP contribution in [-0.4, -0.2) is 75.0 Å². The van der Waals surface area contributed by atoms with Crippen molar-refractivity contribution in [2.45, 2.75) is 57.4 Å². The largest absolute Gasteiger partial charge is 0.463 e. The van der Waals surface area contributed by atoms with Crippen molar-refractivity contribution in [3.63, 3.8) is 0 Å². The number of alkyl halides is 2. The number of benzene rings is 1. The van der Waals surface area contributed by atoms with Gasteiger partial charge in [-0.05, 0) is 59.6 Å². The van der Waals surface area contributed by atoms with Crippen LogP contribution in [0.25, 0.3) is 10.9 Å². The summed E-state index contributed by atoms with van der Waals surface area (Å²) in [7, 11) is 1.58. The first kappa shape index (κ1) is 26.1. The van der Waals surface area contributed by atoms with Crippen LogP contribution in [0.5, 0.6) is 6.01 Å². The third kappa shape index (κ3) is 5.56. The van der Waals surface area contributed by atoms with Crippen LogP contribution in [0.4, 0.5) is 23.4 Å². The molecule has 2 atom stereocenters. The van der Waals surface area contributed by atoms with Gasteiger partial charge in [0.2, 0.25) is 0 Å². The Bertz CT molecular complexity index is 1110. The van der Waals surface area contributed by atoms with E-state index in [9.17, 15) is 17.6 Å². The topological polar surface area (TPSA) is 50.7 Å². The Balaban J connectivity index is 1.69. The average Bonchev–Trinajstić information content (AvgIpc) is 3.23. The number of halogens is 4. The zero-order chi connectivity index (χ0) is 25.8. The molecule has 2 aromatic rings. The fourth-order valence-electron chi connectivity index (χ4n) is 5.20. The molecule has 1 aliphatic heterocycles. The zero-order valence-corrected chi connectivity index (χ0v) is 22.2. The van der Waals surface area contributed by atoms with Gasteiger partial charge in [0, 0.05) is 37.5 Å². The molecule has 2 fully saturated rings. The van der Waals surface area contributed by atoms with Gasteiger partial charge in [-0.3, -0.25) is 0 Å². The van der Waals surface area contributed by atoms with Crippen molar-refractivity contribution in [2.24, 2.45) is 5.41 Å². The fourth-order valence-corrected chi connectivity index (χ4v) is 6.84. The molecule has 0 spiro atoms. The second kappa shape index (κ2) is 8.84. The summed E-state index contributed by atoms with van der Waals surface area (Å²) in [5.41, 5.74) is -1.89. The summed E-state index contributed by atoms with van der Waals surface area (Å²) in [6.07, 6.45) is 1.36. The molecule has 4 rings (SSSR count). The molecule has 0 bridgehead atoms. The molecule has 35 heavy (non-hydrogen) atoms. The van der Waals surface area contributed by atoms with Crippen molar-refractivity contribution in [1.82, 2.24) is 14.9 Å². The number of piperidine rings is 1. The van der Waals surface area contributed by atoms with E-state index in [1.807, 2.05) is 11.8 Å². The summed E-state index contributed by atoms with van der Waals surface area (Å²) >= 11 is 0. The monoisotopic (exact) mass is 514 g/mol. The van der Waals surface area contributed by atoms with Gasteiger partial charge in [-0.1, -0.05) is 0 Å². The average molecular weight is 515 g/mol. The maximum absolute atomic E-state index is 14.8. The maximum atomic E-state index is 14.8. The van der Waals surface area contributed by atoms with E-state index in [2.05, 4.69) is 29.6 Å². The van der Waals surface area contributed by atoms with E-state index in [1.54, 1.807) is 19.0 Å². The second-order valence-electron chi connectivity index (χ2n) is 11.5. The quantitative estimate of drug-likeness (QED) is 0.362. The van der Waals surface area contributed by atoms with E-state index in [0.717, 1.165) is 18.9 Å². The molecule has 0 N–H and O–H groups in total. The predicted octanol–water partition coefficient (Wildman–Crippen LogP) is 5.08. The number of hydrogen-bond acceptors (Lipinski definition) is 6. The highest BCUT2D eigenvalue weighted by Crippen LogP contribution is 2.60. The van der Waals surface area contributed by atoms with Gasteiger partial charge in [0.25, 0.3) is 5.92 Å². The summed E-state index contributed by atoms with van der Waals surface area (Å²) in [5.74, 6) is -4.13. The van der Waals surface area contributed by atoms with Gasteiger partial charge in [0.1, 0.15) is 23.8 Å². The lowest BCUT2D eigenvalue weighted by atomic mass is 9.95. The molecule has 1 aromatic heterocycles. The molecule has 6 nitrogen and oxygen atoms in total. The minimum absolute atomic E-state index is 0.103. The summed E-state index contributed by atoms with van der Waals surface area (Å²) in [6.45, 7) is 9.31. The number of anilines is 1. The lowest BCUT2D eigenvalue weighted by molar-refractivity contribution is 0.0288. The third-order valence-electron chi connectivity index (χ3n) is 6.50. The Morgan fingerprint density at radius 3 is 2.43 bits per heavy atom. The first-order valence-corrected chi connectivity index (χ1v) is 15.3. The first-order valence-electron chi connectivity index (χ1n) is 11.9. The minimum atomic E-state index is -2.85. The van der Waals surface area contributed by atoms with Crippen LogP contribution >= 0.6 is 0 Å². The van der Waals surface area contributed by atoms with Crippen LogP contribution in [0.15, 0.2) is 12.1 Å². The smallest absolute Gasteiger partial charge is 0.319 e. The molecule has 2 aliphatic rings. The molecule has 1 aliphatic carbocycles. The SMILES string of the molecule is CN(C)C[C@@]1(COc2nc(N3CCC[C@@](C)(O[Si](C)(C)C)C3)c3cc(F)cc(F)c3n2)CC1(F)F. The Morgan fingerprint density at radius 2 is 1.83 bits per heavy atom. The number of hydrogen-bond donors (Lipinski definition) is 0. The first-order chi connectivity index (χ1) is 16.1. The van der Waals surface area contributed by atoms with Gasteiger partial charge in [-0.15, -0.1) is 0 Å². The highest BCUT2D eigenvalue weighted by molar-refractivity contribution is 6.69. The van der Waals surface area contributed by atoms with E-state index < -0.39 is 36.9 Å². The highest BCUT2D eigenvalue weighted by Gasteiger charge is 2.71. The molecule has 1 saturated heterocycles. The molecular weight excluding hydrogens is 480 g/mol. The lowest BCUT2D eigenvalue weighted by Crippen LogP contribution is -2.52. The van der Waals surface area contributed by atoms with Gasteiger partial charge in [-0.2, -0.15) is 9.97 Å². The molecule has 0 radical (unpaired) electrons. The molecule has 0 unspecified atom stereocenters. The Kier molecular flexibility index (Phi) is 6.59. The van der Waals surface area contributed by atoms with Gasteiger partial charge < -0.3 is 19.0 Å². The summed E-state index contributed by atoms with van der Waals surface area (Å²) in [5, 5.41) is 0.215. The predicted molar refractivity (Wildman–Crippen MR) is 130 cm³/mol. The van der Waals surface area contributed by atoms with Crippen LogP contribution in [0.2, 0.25) is 19.6 Å². The standard InChI is InChI=1S/C24H34F4N4O2Si/c1-22(34-35(4,5)6)8-7-9-32(13-22)20-17-10-16(25)11-18(26)19(17)29-21(30-20)33-15-23(14-31(2)3)12-24(23,27)28/h10-11H,7-9,12-15H2,1-6H3/t22-,23-/m1/s1. The van der Waals surface area contributed by atoms with Crippen molar-refractivity contribution in [1.29, 1.82) is 0 Å². The highest BCUT2D eigenvalue weighted by atomic mass is 28.4. The molecule has 2 heterocycles. The Hall–Kier alpha value is -1.98. The second-order valence-corrected chi connectivity index (χ2v) is 15.9. The molecule has 194 valence electrons. The van der Waals surface area contributed by atoms with E-state index in [1.165, 1.54) is 6.07 Å². The zero-order valence-electron chi connectivity index (χ0n) is 21.2. The van der Waals surface area contributed by atoms with Crippen LogP contribution in [0.1, 0.15) is 26.2 Å². The van der Waals surface area contributed by atoms with Crippen molar-refractivity contribution in [3.05, 3.63) is 23.8 Å². The van der Waals surface area contributed by atoms with E-state index in [4.69, 9.17) is 9.16 Å². The number of fused-ring (bicyclic) bond motifs is 1. The van der Waals surface area contributed by atoms with Crippen LogP contribution in [-0.2, 0) is 4.43 Å². The van der Waals surface area contributed by atoms with Crippen molar-refractivity contribution in [2.75, 3.05) is 45.2 Å². The molecule has 1 aromatic carbocycles. The Labute approximate surface area is 204 Å². The van der Waals surface area contributed by atoms with Crippen LogP contribution < -0.4 is 9.64 Å². The molecule has 11 heteroatoms. The number of rotatable bonds is 8. The Morgan fingerprint density at radius 1 is 1.14 bits per heavy atom. The molecule has 1 saturated carbocycles. The lowest BCUT2D eigenvalue weighted by Gasteiger charge is -2.44. The number of aromatic nitrogens is 2. The van der Waals surface area contributed by atoms with Crippen molar-refractivity contribution in [3.8, 4) is 6.01 Å². The normalized spacial score (nSPS) is 26.4. The van der Waals surface area contributed by atoms with Crippen LogP contribution in [0.3, 0.4) is 0 Å². The van der Waals surface area contributed by atoms with E-state index in [0.29, 0.717) is 18.9 Å². The van der Waals surface area contributed by atoms with E-state index in [-0.39, 0.29) is 36.5 Å². The van der Waals surface area contributed by atoms with Gasteiger partial charge in [0.15, 0.2) is 14.1 Å². The minimum Gasteiger partial charge on any atom is -0.463 e. The van der Waals surface area contributed by atoms with Crippen molar-refractivity contribution >= 4 is 25.0 Å².